The minimum atomic E-state index is -0.450. The molecule has 1 N–H and O–H groups in total. The molecular formula is C19H20N6O2. The van der Waals surface area contributed by atoms with Gasteiger partial charge in [0.15, 0.2) is 0 Å². The normalized spacial score (nSPS) is 10.4. The lowest BCUT2D eigenvalue weighted by molar-refractivity contribution is -0.383. The van der Waals surface area contributed by atoms with Crippen molar-refractivity contribution in [3.05, 3.63) is 76.7 Å². The molecule has 8 heteroatoms. The molecule has 0 saturated carbocycles. The molecular weight excluding hydrogens is 344 g/mol. The lowest BCUT2D eigenvalue weighted by Gasteiger charge is -2.23. The number of anilines is 3. The molecule has 0 amide bonds. The number of hydrogen-bond acceptors (Lipinski definition) is 7. The van der Waals surface area contributed by atoms with Crippen molar-refractivity contribution in [2.45, 2.75) is 19.9 Å². The second-order valence-electron chi connectivity index (χ2n) is 5.84. The van der Waals surface area contributed by atoms with E-state index in [-0.39, 0.29) is 17.3 Å². The second kappa shape index (κ2) is 8.70. The molecule has 0 radical (unpaired) electrons. The maximum Gasteiger partial charge on any atom is 0.353 e. The van der Waals surface area contributed by atoms with Gasteiger partial charge in [-0.25, -0.2) is 15.0 Å². The number of hydrogen-bond donors (Lipinski definition) is 1. The average Bonchev–Trinajstić information content (AvgIpc) is 2.71. The first-order valence-corrected chi connectivity index (χ1v) is 8.66. The molecule has 0 fully saturated rings. The first kappa shape index (κ1) is 18.2. The smallest absolute Gasteiger partial charge is 0.353 e. The van der Waals surface area contributed by atoms with Crippen LogP contribution >= 0.6 is 0 Å². The largest absolute Gasteiger partial charge is 0.364 e. The number of nitrogens with zero attached hydrogens (tertiary/aromatic N) is 5. The predicted octanol–water partition coefficient (Wildman–Crippen LogP) is 3.94. The molecule has 0 aliphatic heterocycles. The Bertz CT molecular complexity index is 889. The molecule has 0 unspecified atom stereocenters. The zero-order valence-electron chi connectivity index (χ0n) is 14.9. The molecule has 0 bridgehead atoms. The summed E-state index contributed by atoms with van der Waals surface area (Å²) in [5.41, 5.74) is 0.826. The summed E-state index contributed by atoms with van der Waals surface area (Å²) >= 11 is 0. The second-order valence-corrected chi connectivity index (χ2v) is 5.84. The molecule has 0 atom stereocenters. The molecule has 3 aromatic rings. The van der Waals surface area contributed by atoms with Gasteiger partial charge in [0.2, 0.25) is 11.6 Å². The van der Waals surface area contributed by atoms with Gasteiger partial charge in [-0.15, -0.1) is 0 Å². The van der Waals surface area contributed by atoms with Crippen LogP contribution in [-0.4, -0.2) is 26.4 Å². The topological polar surface area (TPSA) is 97.1 Å². The van der Waals surface area contributed by atoms with Crippen LogP contribution in [-0.2, 0) is 6.54 Å². The standard InChI is InChI=1S/C19H20N6O2/c1-2-11-21-18-17(25(26)27)19(23-14-22-18)24(16-10-6-7-12-20-16)13-15-8-4-3-5-9-15/h3-10,12,14H,2,11,13H2,1H3,(H,21,22,23). The first-order chi connectivity index (χ1) is 13.2. The van der Waals surface area contributed by atoms with Crippen molar-refractivity contribution >= 4 is 23.1 Å². The summed E-state index contributed by atoms with van der Waals surface area (Å²) in [5, 5.41) is 14.8. The van der Waals surface area contributed by atoms with E-state index in [2.05, 4.69) is 20.3 Å². The van der Waals surface area contributed by atoms with Crippen LogP contribution in [0.5, 0.6) is 0 Å². The molecule has 0 aliphatic carbocycles. The molecule has 138 valence electrons. The van der Waals surface area contributed by atoms with Crippen LogP contribution in [0.4, 0.5) is 23.1 Å². The number of rotatable bonds is 8. The van der Waals surface area contributed by atoms with E-state index in [9.17, 15) is 10.1 Å². The number of nitrogens with one attached hydrogen (secondary N) is 1. The molecule has 1 aromatic carbocycles. The fourth-order valence-electron chi connectivity index (χ4n) is 2.65. The average molecular weight is 364 g/mol. The van der Waals surface area contributed by atoms with Gasteiger partial charge in [-0.05, 0) is 24.1 Å². The molecule has 2 aromatic heterocycles. The molecule has 8 nitrogen and oxygen atoms in total. The Balaban J connectivity index is 2.10. The van der Waals surface area contributed by atoms with Crippen LogP contribution in [0, 0.1) is 10.1 Å². The van der Waals surface area contributed by atoms with Crippen LogP contribution in [0.3, 0.4) is 0 Å². The van der Waals surface area contributed by atoms with Gasteiger partial charge in [0, 0.05) is 12.7 Å². The summed E-state index contributed by atoms with van der Waals surface area (Å²) in [6.45, 7) is 2.96. The fourth-order valence-corrected chi connectivity index (χ4v) is 2.65. The van der Waals surface area contributed by atoms with E-state index >= 15 is 0 Å². The van der Waals surface area contributed by atoms with E-state index in [0.29, 0.717) is 18.9 Å². The van der Waals surface area contributed by atoms with Gasteiger partial charge < -0.3 is 10.2 Å². The van der Waals surface area contributed by atoms with Crippen LogP contribution < -0.4 is 10.2 Å². The Morgan fingerprint density at radius 3 is 2.52 bits per heavy atom. The van der Waals surface area contributed by atoms with Gasteiger partial charge in [-0.3, -0.25) is 10.1 Å². The highest BCUT2D eigenvalue weighted by Crippen LogP contribution is 2.36. The van der Waals surface area contributed by atoms with Crippen molar-refractivity contribution in [1.82, 2.24) is 15.0 Å². The highest BCUT2D eigenvalue weighted by molar-refractivity contribution is 5.74. The Labute approximate surface area is 157 Å². The van der Waals surface area contributed by atoms with Crippen LogP contribution in [0.15, 0.2) is 61.1 Å². The van der Waals surface area contributed by atoms with E-state index in [4.69, 9.17) is 0 Å². The SMILES string of the molecule is CCCNc1ncnc(N(Cc2ccccc2)c2ccccn2)c1[N+](=O)[O-]. The maximum atomic E-state index is 11.8. The molecule has 0 spiro atoms. The Kier molecular flexibility index (Phi) is 5.88. The van der Waals surface area contributed by atoms with E-state index in [1.807, 2.05) is 43.3 Å². The summed E-state index contributed by atoms with van der Waals surface area (Å²) < 4.78 is 0. The zero-order chi connectivity index (χ0) is 19.1. The van der Waals surface area contributed by atoms with E-state index < -0.39 is 4.92 Å². The lowest BCUT2D eigenvalue weighted by atomic mass is 10.2. The molecule has 0 aliphatic rings. The summed E-state index contributed by atoms with van der Waals surface area (Å²) in [4.78, 5) is 25.8. The number of nitro groups is 1. The maximum absolute atomic E-state index is 11.8. The zero-order valence-corrected chi connectivity index (χ0v) is 14.9. The lowest BCUT2D eigenvalue weighted by Crippen LogP contribution is -2.21. The van der Waals surface area contributed by atoms with Crippen LogP contribution in [0.25, 0.3) is 0 Å². The minimum Gasteiger partial charge on any atom is -0.364 e. The Morgan fingerprint density at radius 2 is 1.85 bits per heavy atom. The van der Waals surface area contributed by atoms with Gasteiger partial charge in [0.05, 0.1) is 11.5 Å². The number of pyridine rings is 1. The quantitative estimate of drug-likeness (QED) is 0.477. The van der Waals surface area contributed by atoms with Crippen molar-refractivity contribution in [2.24, 2.45) is 0 Å². The van der Waals surface area contributed by atoms with Crippen molar-refractivity contribution in [2.75, 3.05) is 16.8 Å². The highest BCUT2D eigenvalue weighted by atomic mass is 16.6. The summed E-state index contributed by atoms with van der Waals surface area (Å²) in [5.74, 6) is 0.988. The third-order valence-corrected chi connectivity index (χ3v) is 3.89. The molecule has 2 heterocycles. The summed E-state index contributed by atoms with van der Waals surface area (Å²) in [6, 6.07) is 15.1. The van der Waals surface area contributed by atoms with Crippen LogP contribution in [0.1, 0.15) is 18.9 Å². The minimum absolute atomic E-state index is 0.160. The third kappa shape index (κ3) is 4.35. The Hall–Kier alpha value is -3.55. The van der Waals surface area contributed by atoms with E-state index in [0.717, 1.165) is 12.0 Å². The van der Waals surface area contributed by atoms with Crippen molar-refractivity contribution < 1.29 is 4.92 Å². The van der Waals surface area contributed by atoms with Crippen molar-refractivity contribution in [3.8, 4) is 0 Å². The van der Waals surface area contributed by atoms with Gasteiger partial charge >= 0.3 is 5.69 Å². The fraction of sp³-hybridized carbons (Fsp3) is 0.211. The predicted molar refractivity (Wildman–Crippen MR) is 104 cm³/mol. The van der Waals surface area contributed by atoms with E-state index in [1.165, 1.54) is 6.33 Å². The number of benzene rings is 1. The van der Waals surface area contributed by atoms with Crippen LogP contribution in [0.2, 0.25) is 0 Å². The van der Waals surface area contributed by atoms with Gasteiger partial charge in [0.1, 0.15) is 12.1 Å². The van der Waals surface area contributed by atoms with Gasteiger partial charge in [0.25, 0.3) is 0 Å². The molecule has 0 saturated heterocycles. The van der Waals surface area contributed by atoms with Gasteiger partial charge in [-0.2, -0.15) is 0 Å². The van der Waals surface area contributed by atoms with E-state index in [1.54, 1.807) is 23.2 Å². The van der Waals surface area contributed by atoms with Gasteiger partial charge in [-0.1, -0.05) is 43.3 Å². The number of aromatic nitrogens is 3. The third-order valence-electron chi connectivity index (χ3n) is 3.89. The monoisotopic (exact) mass is 364 g/mol. The first-order valence-electron chi connectivity index (χ1n) is 8.66. The van der Waals surface area contributed by atoms with Crippen molar-refractivity contribution in [1.29, 1.82) is 0 Å². The Morgan fingerprint density at radius 1 is 1.07 bits per heavy atom. The summed E-state index contributed by atoms with van der Waals surface area (Å²) in [7, 11) is 0. The molecule has 27 heavy (non-hydrogen) atoms. The van der Waals surface area contributed by atoms with Crippen molar-refractivity contribution in [3.63, 3.8) is 0 Å². The highest BCUT2D eigenvalue weighted by Gasteiger charge is 2.28. The molecule has 3 rings (SSSR count). The summed E-state index contributed by atoms with van der Waals surface area (Å²) in [6.07, 6.45) is 3.81.